The summed E-state index contributed by atoms with van der Waals surface area (Å²) in [7, 11) is 0. The van der Waals surface area contributed by atoms with Gasteiger partial charge in [0.25, 0.3) is 0 Å². The molecule has 6 heteroatoms. The molecular formula is C33H39N3O3. The molecule has 0 bridgehead atoms. The Morgan fingerprint density at radius 2 is 1.46 bits per heavy atom. The molecule has 2 heterocycles. The maximum Gasteiger partial charge on any atom is 0.246 e. The van der Waals surface area contributed by atoms with E-state index in [1.807, 2.05) is 65.6 Å². The summed E-state index contributed by atoms with van der Waals surface area (Å²) < 4.78 is 5.90. The van der Waals surface area contributed by atoms with E-state index in [0.717, 1.165) is 49.4 Å². The van der Waals surface area contributed by atoms with Gasteiger partial charge in [0.2, 0.25) is 11.8 Å². The number of nitrogens with zero attached hydrogens (tertiary/aromatic N) is 2. The molecule has 1 unspecified atom stereocenters. The molecule has 1 spiro atoms. The lowest BCUT2D eigenvalue weighted by Crippen LogP contribution is -2.73. The Kier molecular flexibility index (Phi) is 8.62. The Morgan fingerprint density at radius 3 is 2.10 bits per heavy atom. The molecule has 0 saturated carbocycles. The highest BCUT2D eigenvalue weighted by molar-refractivity contribution is 6.00. The van der Waals surface area contributed by atoms with Gasteiger partial charge in [0, 0.05) is 32.6 Å². The predicted molar refractivity (Wildman–Crippen MR) is 153 cm³/mol. The number of piperazine rings is 1. The minimum absolute atomic E-state index is 0.00562. The van der Waals surface area contributed by atoms with Crippen molar-refractivity contribution in [1.82, 2.24) is 15.1 Å². The number of hydrogen-bond acceptors (Lipinski definition) is 4. The highest BCUT2D eigenvalue weighted by atomic mass is 16.5. The summed E-state index contributed by atoms with van der Waals surface area (Å²) in [6.45, 7) is 5.81. The fourth-order valence-corrected chi connectivity index (χ4v) is 5.84. The second kappa shape index (κ2) is 12.5. The zero-order valence-corrected chi connectivity index (χ0v) is 22.9. The molecule has 3 aromatic rings. The first kappa shape index (κ1) is 26.9. The highest BCUT2D eigenvalue weighted by Gasteiger charge is 2.53. The Morgan fingerprint density at radius 1 is 0.821 bits per heavy atom. The first-order valence-electron chi connectivity index (χ1n) is 14.2. The molecule has 1 atom stereocenters. The van der Waals surface area contributed by atoms with Crippen molar-refractivity contribution in [2.75, 3.05) is 26.2 Å². The second-order valence-electron chi connectivity index (χ2n) is 10.7. The number of carbonyl (C=O) groups is 2. The van der Waals surface area contributed by atoms with Gasteiger partial charge in [0.1, 0.15) is 23.9 Å². The first-order chi connectivity index (χ1) is 19.1. The average Bonchev–Trinajstić information content (AvgIpc) is 2.98. The summed E-state index contributed by atoms with van der Waals surface area (Å²) in [4.78, 5) is 31.7. The molecule has 39 heavy (non-hydrogen) atoms. The molecular weight excluding hydrogens is 486 g/mol. The molecule has 5 rings (SSSR count). The van der Waals surface area contributed by atoms with Crippen molar-refractivity contribution in [2.45, 2.75) is 57.2 Å². The Balaban J connectivity index is 1.19. The Labute approximate surface area is 232 Å². The number of nitrogens with one attached hydrogen (secondary N) is 1. The van der Waals surface area contributed by atoms with Crippen molar-refractivity contribution in [3.8, 4) is 5.75 Å². The monoisotopic (exact) mass is 525 g/mol. The molecule has 2 saturated heterocycles. The van der Waals surface area contributed by atoms with Gasteiger partial charge in [0.15, 0.2) is 0 Å². The van der Waals surface area contributed by atoms with E-state index < -0.39 is 11.6 Å². The van der Waals surface area contributed by atoms with Gasteiger partial charge in [0.05, 0.1) is 0 Å². The fraction of sp³-hybridized carbons (Fsp3) is 0.394. The van der Waals surface area contributed by atoms with Gasteiger partial charge in [-0.2, -0.15) is 0 Å². The summed E-state index contributed by atoms with van der Waals surface area (Å²) in [5.74, 6) is 0.830. The van der Waals surface area contributed by atoms with E-state index in [9.17, 15) is 9.59 Å². The second-order valence-corrected chi connectivity index (χ2v) is 10.7. The van der Waals surface area contributed by atoms with Crippen molar-refractivity contribution in [1.29, 1.82) is 0 Å². The van der Waals surface area contributed by atoms with Crippen LogP contribution in [-0.4, -0.2) is 59.4 Å². The topological polar surface area (TPSA) is 61.9 Å². The molecule has 204 valence electrons. The summed E-state index contributed by atoms with van der Waals surface area (Å²) in [6.07, 6.45) is 3.66. The minimum atomic E-state index is -0.734. The third-order valence-electron chi connectivity index (χ3n) is 8.11. The lowest BCUT2D eigenvalue weighted by atomic mass is 9.81. The lowest BCUT2D eigenvalue weighted by Gasteiger charge is -2.51. The summed E-state index contributed by atoms with van der Waals surface area (Å²) in [5.41, 5.74) is 2.71. The third-order valence-corrected chi connectivity index (χ3v) is 8.11. The number of benzene rings is 3. The molecule has 1 N–H and O–H groups in total. The zero-order valence-electron chi connectivity index (χ0n) is 22.9. The van der Waals surface area contributed by atoms with E-state index in [4.69, 9.17) is 4.74 Å². The number of piperidine rings is 1. The van der Waals surface area contributed by atoms with E-state index in [0.29, 0.717) is 32.4 Å². The van der Waals surface area contributed by atoms with Gasteiger partial charge in [-0.25, -0.2) is 0 Å². The predicted octanol–water partition coefficient (Wildman–Crippen LogP) is 4.62. The van der Waals surface area contributed by atoms with Gasteiger partial charge in [-0.1, -0.05) is 79.7 Å². The molecule has 6 nitrogen and oxygen atoms in total. The zero-order chi connectivity index (χ0) is 27.1. The van der Waals surface area contributed by atoms with Crippen LogP contribution in [0.4, 0.5) is 0 Å². The molecule has 3 aromatic carbocycles. The van der Waals surface area contributed by atoms with E-state index in [1.54, 1.807) is 0 Å². The molecule has 2 amide bonds. The van der Waals surface area contributed by atoms with Crippen molar-refractivity contribution in [3.05, 3.63) is 102 Å². The Hall–Kier alpha value is -3.64. The van der Waals surface area contributed by atoms with Crippen LogP contribution in [0, 0.1) is 0 Å². The van der Waals surface area contributed by atoms with Crippen LogP contribution in [0.2, 0.25) is 0 Å². The number of carbonyl (C=O) groups excluding carboxylic acids is 2. The minimum Gasteiger partial charge on any atom is -0.489 e. The lowest BCUT2D eigenvalue weighted by molar-refractivity contribution is -0.161. The third kappa shape index (κ3) is 6.34. The van der Waals surface area contributed by atoms with Crippen molar-refractivity contribution in [2.24, 2.45) is 0 Å². The number of ether oxygens (including phenoxy) is 1. The quantitative estimate of drug-likeness (QED) is 0.420. The molecule has 2 aliphatic heterocycles. The SMILES string of the molecule is CCCN1C(=O)C(Cc2ccc(OCc3ccccc3)cc2)NC(=O)C12CCN(CCc1ccccc1)CC2. The summed E-state index contributed by atoms with van der Waals surface area (Å²) in [6, 6.07) is 27.9. The maximum atomic E-state index is 13.7. The van der Waals surface area contributed by atoms with E-state index in [2.05, 4.69) is 41.4 Å². The van der Waals surface area contributed by atoms with Crippen LogP contribution >= 0.6 is 0 Å². The number of hydrogen-bond donors (Lipinski definition) is 1. The normalized spacial score (nSPS) is 19.2. The van der Waals surface area contributed by atoms with Crippen LogP contribution in [0.5, 0.6) is 5.75 Å². The van der Waals surface area contributed by atoms with Gasteiger partial charge < -0.3 is 19.9 Å². The molecule has 2 aliphatic rings. The van der Waals surface area contributed by atoms with Crippen LogP contribution < -0.4 is 10.1 Å². The standard InChI is InChI=1S/C33H39N3O3/c1-2-20-36-31(37)30(24-27-13-15-29(16-14-27)39-25-28-11-7-4-8-12-28)34-32(38)33(36)18-22-35(23-19-33)21-17-26-9-5-3-6-10-26/h3-16,30H,2,17-25H2,1H3,(H,34,38). The highest BCUT2D eigenvalue weighted by Crippen LogP contribution is 2.34. The summed E-state index contributed by atoms with van der Waals surface area (Å²) >= 11 is 0. The maximum absolute atomic E-state index is 13.7. The van der Waals surface area contributed by atoms with E-state index in [1.165, 1.54) is 5.56 Å². The smallest absolute Gasteiger partial charge is 0.246 e. The van der Waals surface area contributed by atoms with Crippen molar-refractivity contribution >= 4 is 11.8 Å². The van der Waals surface area contributed by atoms with Crippen LogP contribution in [0.3, 0.4) is 0 Å². The molecule has 0 radical (unpaired) electrons. The number of likely N-dealkylation sites (tertiary alicyclic amines) is 1. The van der Waals surface area contributed by atoms with Crippen LogP contribution in [0.1, 0.15) is 42.9 Å². The van der Waals surface area contributed by atoms with Gasteiger partial charge in [-0.3, -0.25) is 9.59 Å². The van der Waals surface area contributed by atoms with Crippen LogP contribution in [0.25, 0.3) is 0 Å². The number of rotatable bonds is 10. The van der Waals surface area contributed by atoms with E-state index >= 15 is 0 Å². The van der Waals surface area contributed by atoms with Gasteiger partial charge in [-0.15, -0.1) is 0 Å². The van der Waals surface area contributed by atoms with Gasteiger partial charge >= 0.3 is 0 Å². The van der Waals surface area contributed by atoms with Gasteiger partial charge in [-0.05, 0) is 54.5 Å². The number of amides is 2. The largest absolute Gasteiger partial charge is 0.489 e. The van der Waals surface area contributed by atoms with Crippen LogP contribution in [0.15, 0.2) is 84.9 Å². The first-order valence-corrected chi connectivity index (χ1v) is 14.2. The average molecular weight is 526 g/mol. The molecule has 2 fully saturated rings. The molecule has 0 aromatic heterocycles. The summed E-state index contributed by atoms with van der Waals surface area (Å²) in [5, 5.41) is 3.12. The van der Waals surface area contributed by atoms with Crippen molar-refractivity contribution < 1.29 is 14.3 Å². The van der Waals surface area contributed by atoms with Crippen molar-refractivity contribution in [3.63, 3.8) is 0 Å². The molecule has 0 aliphatic carbocycles. The van der Waals surface area contributed by atoms with Crippen LogP contribution in [-0.2, 0) is 29.0 Å². The fourth-order valence-electron chi connectivity index (χ4n) is 5.84. The van der Waals surface area contributed by atoms with E-state index in [-0.39, 0.29) is 11.8 Å². The Bertz CT molecular complexity index is 1220.